The molecular formula is C11H7F3N2O2. The molecule has 0 radical (unpaired) electrons. The minimum atomic E-state index is -4.66. The first-order valence-corrected chi connectivity index (χ1v) is 4.90. The fourth-order valence-corrected chi connectivity index (χ4v) is 1.66. The number of halogens is 3. The van der Waals surface area contributed by atoms with Gasteiger partial charge < -0.3 is 4.98 Å². The van der Waals surface area contributed by atoms with E-state index in [1.54, 1.807) is 0 Å². The number of aldehydes is 1. The highest BCUT2D eigenvalue weighted by atomic mass is 19.4. The number of aromatic amines is 1. The summed E-state index contributed by atoms with van der Waals surface area (Å²) in [6, 6.07) is 1.61. The van der Waals surface area contributed by atoms with Crippen LogP contribution in [0, 0.1) is 6.92 Å². The second kappa shape index (κ2) is 3.94. The molecular weight excluding hydrogens is 249 g/mol. The van der Waals surface area contributed by atoms with Gasteiger partial charge in [0.05, 0.1) is 16.5 Å². The van der Waals surface area contributed by atoms with E-state index in [1.807, 2.05) is 0 Å². The number of rotatable bonds is 1. The number of H-pyrrole nitrogens is 1. The van der Waals surface area contributed by atoms with Gasteiger partial charge in [-0.25, -0.2) is 4.98 Å². The highest BCUT2D eigenvalue weighted by Crippen LogP contribution is 2.32. The molecule has 1 heterocycles. The molecule has 4 nitrogen and oxygen atoms in total. The van der Waals surface area contributed by atoms with Gasteiger partial charge in [-0.15, -0.1) is 0 Å². The van der Waals surface area contributed by atoms with Crippen molar-refractivity contribution in [1.82, 2.24) is 9.97 Å². The van der Waals surface area contributed by atoms with Crippen LogP contribution in [0.25, 0.3) is 10.9 Å². The van der Waals surface area contributed by atoms with Crippen LogP contribution in [0.2, 0.25) is 0 Å². The van der Waals surface area contributed by atoms with Crippen LogP contribution in [-0.4, -0.2) is 16.3 Å². The Morgan fingerprint density at radius 1 is 1.33 bits per heavy atom. The van der Waals surface area contributed by atoms with Gasteiger partial charge in [0, 0.05) is 5.56 Å². The van der Waals surface area contributed by atoms with Gasteiger partial charge in [-0.3, -0.25) is 9.59 Å². The zero-order valence-electron chi connectivity index (χ0n) is 9.13. The van der Waals surface area contributed by atoms with Crippen LogP contribution < -0.4 is 5.56 Å². The molecule has 0 atom stereocenters. The molecule has 0 bridgehead atoms. The topological polar surface area (TPSA) is 62.8 Å². The van der Waals surface area contributed by atoms with Crippen molar-refractivity contribution in [2.45, 2.75) is 13.1 Å². The van der Waals surface area contributed by atoms with E-state index < -0.39 is 22.9 Å². The van der Waals surface area contributed by atoms with Crippen molar-refractivity contribution in [1.29, 1.82) is 0 Å². The van der Waals surface area contributed by atoms with E-state index in [4.69, 9.17) is 0 Å². The lowest BCUT2D eigenvalue weighted by atomic mass is 10.0. The SMILES string of the molecule is Cc1nc2cc(C(F)(F)F)c(C=O)cc2c(=O)[nH]1. The monoisotopic (exact) mass is 256 g/mol. The van der Waals surface area contributed by atoms with E-state index in [0.717, 1.165) is 6.07 Å². The Morgan fingerprint density at radius 3 is 2.56 bits per heavy atom. The van der Waals surface area contributed by atoms with Gasteiger partial charge in [0.15, 0.2) is 6.29 Å². The molecule has 94 valence electrons. The third-order valence-electron chi connectivity index (χ3n) is 2.43. The quantitative estimate of drug-likeness (QED) is 0.794. The number of aryl methyl sites for hydroxylation is 1. The predicted octanol–water partition coefficient (Wildman–Crippen LogP) is 2.06. The number of alkyl halides is 3. The smallest absolute Gasteiger partial charge is 0.310 e. The first kappa shape index (κ1) is 12.3. The largest absolute Gasteiger partial charge is 0.417 e. The summed E-state index contributed by atoms with van der Waals surface area (Å²) >= 11 is 0. The summed E-state index contributed by atoms with van der Waals surface area (Å²) in [5.74, 6) is 0.208. The number of hydrogen-bond acceptors (Lipinski definition) is 3. The third kappa shape index (κ3) is 1.99. The fourth-order valence-electron chi connectivity index (χ4n) is 1.66. The minimum absolute atomic E-state index is 0.0456. The maximum absolute atomic E-state index is 12.7. The van der Waals surface area contributed by atoms with Crippen LogP contribution in [-0.2, 0) is 6.18 Å². The standard InChI is InChI=1S/C11H7F3N2O2/c1-5-15-9-3-8(11(12,13)14)6(4-17)2-7(9)10(18)16-5/h2-4H,1H3,(H,15,16,18). The van der Waals surface area contributed by atoms with Crippen LogP contribution in [0.1, 0.15) is 21.7 Å². The minimum Gasteiger partial charge on any atom is -0.310 e. The summed E-state index contributed by atoms with van der Waals surface area (Å²) in [7, 11) is 0. The second-order valence-corrected chi connectivity index (χ2v) is 3.72. The Kier molecular flexibility index (Phi) is 2.68. The zero-order valence-corrected chi connectivity index (χ0v) is 9.13. The summed E-state index contributed by atoms with van der Waals surface area (Å²) in [5.41, 5.74) is -2.34. The van der Waals surface area contributed by atoms with E-state index >= 15 is 0 Å². The summed E-state index contributed by atoms with van der Waals surface area (Å²) < 4.78 is 38.1. The van der Waals surface area contributed by atoms with E-state index in [2.05, 4.69) is 9.97 Å². The third-order valence-corrected chi connectivity index (χ3v) is 2.43. The number of carbonyl (C=O) groups is 1. The molecule has 1 aromatic heterocycles. The van der Waals surface area contributed by atoms with Crippen molar-refractivity contribution in [3.8, 4) is 0 Å². The van der Waals surface area contributed by atoms with Gasteiger partial charge in [-0.2, -0.15) is 13.2 Å². The summed E-state index contributed by atoms with van der Waals surface area (Å²) in [5, 5.41) is -0.0456. The lowest BCUT2D eigenvalue weighted by Crippen LogP contribution is -2.14. The molecule has 7 heteroatoms. The van der Waals surface area contributed by atoms with Gasteiger partial charge >= 0.3 is 6.18 Å². The normalized spacial score (nSPS) is 11.8. The van der Waals surface area contributed by atoms with Crippen molar-refractivity contribution >= 4 is 17.2 Å². The number of carbonyl (C=O) groups excluding carboxylic acids is 1. The van der Waals surface area contributed by atoms with Crippen LogP contribution in [0.4, 0.5) is 13.2 Å². The molecule has 0 fully saturated rings. The van der Waals surface area contributed by atoms with Crippen molar-refractivity contribution in [2.24, 2.45) is 0 Å². The molecule has 0 unspecified atom stereocenters. The maximum atomic E-state index is 12.7. The summed E-state index contributed by atoms with van der Waals surface area (Å²) in [6.07, 6.45) is -4.59. The lowest BCUT2D eigenvalue weighted by molar-refractivity contribution is -0.137. The van der Waals surface area contributed by atoms with Gasteiger partial charge in [0.25, 0.3) is 5.56 Å². The van der Waals surface area contributed by atoms with E-state index in [9.17, 15) is 22.8 Å². The predicted molar refractivity (Wildman–Crippen MR) is 57.5 cm³/mol. The number of fused-ring (bicyclic) bond motifs is 1. The molecule has 0 spiro atoms. The second-order valence-electron chi connectivity index (χ2n) is 3.72. The van der Waals surface area contributed by atoms with Crippen molar-refractivity contribution in [3.05, 3.63) is 39.4 Å². The number of aromatic nitrogens is 2. The highest BCUT2D eigenvalue weighted by Gasteiger charge is 2.34. The molecule has 18 heavy (non-hydrogen) atoms. The molecule has 0 aliphatic carbocycles. The zero-order chi connectivity index (χ0) is 13.5. The summed E-state index contributed by atoms with van der Waals surface area (Å²) in [4.78, 5) is 28.4. The van der Waals surface area contributed by atoms with Crippen LogP contribution in [0.3, 0.4) is 0 Å². The Labute approximate surface area is 98.5 Å². The number of nitrogens with one attached hydrogen (secondary N) is 1. The van der Waals surface area contributed by atoms with Crippen molar-refractivity contribution in [2.75, 3.05) is 0 Å². The average molecular weight is 256 g/mol. The average Bonchev–Trinajstić information content (AvgIpc) is 2.26. The van der Waals surface area contributed by atoms with E-state index in [1.165, 1.54) is 6.92 Å². The first-order valence-electron chi connectivity index (χ1n) is 4.90. The highest BCUT2D eigenvalue weighted by molar-refractivity contribution is 5.88. The van der Waals surface area contributed by atoms with Crippen LogP contribution in [0.5, 0.6) is 0 Å². The molecule has 0 aliphatic heterocycles. The van der Waals surface area contributed by atoms with E-state index in [-0.39, 0.29) is 23.0 Å². The van der Waals surface area contributed by atoms with Gasteiger partial charge in [-0.05, 0) is 19.1 Å². The van der Waals surface area contributed by atoms with Crippen LogP contribution >= 0.6 is 0 Å². The molecule has 1 N–H and O–H groups in total. The number of nitrogens with zero attached hydrogens (tertiary/aromatic N) is 1. The Morgan fingerprint density at radius 2 is 2.00 bits per heavy atom. The number of hydrogen-bond donors (Lipinski definition) is 1. The molecule has 2 aromatic rings. The fraction of sp³-hybridized carbons (Fsp3) is 0.182. The Balaban J connectivity index is 2.90. The van der Waals surface area contributed by atoms with Gasteiger partial charge in [0.2, 0.25) is 0 Å². The molecule has 0 amide bonds. The van der Waals surface area contributed by atoms with Gasteiger partial charge in [0.1, 0.15) is 5.82 Å². The van der Waals surface area contributed by atoms with Crippen molar-refractivity contribution in [3.63, 3.8) is 0 Å². The first-order chi connectivity index (χ1) is 8.32. The Hall–Kier alpha value is -2.18. The molecule has 0 saturated carbocycles. The maximum Gasteiger partial charge on any atom is 0.417 e. The Bertz CT molecular complexity index is 689. The molecule has 1 aromatic carbocycles. The molecule has 0 aliphatic rings. The van der Waals surface area contributed by atoms with Crippen LogP contribution in [0.15, 0.2) is 16.9 Å². The van der Waals surface area contributed by atoms with Crippen molar-refractivity contribution < 1.29 is 18.0 Å². The van der Waals surface area contributed by atoms with E-state index in [0.29, 0.717) is 6.07 Å². The molecule has 2 rings (SSSR count). The lowest BCUT2D eigenvalue weighted by Gasteiger charge is -2.10. The summed E-state index contributed by atoms with van der Waals surface area (Å²) in [6.45, 7) is 1.46. The number of benzene rings is 1. The van der Waals surface area contributed by atoms with Gasteiger partial charge in [-0.1, -0.05) is 0 Å². The molecule has 0 saturated heterocycles.